The number of hydrogen-bond donors (Lipinski definition) is 2. The topological polar surface area (TPSA) is 57.5 Å². The molecule has 0 saturated carbocycles. The van der Waals surface area contributed by atoms with E-state index in [4.69, 9.17) is 15.0 Å². The van der Waals surface area contributed by atoms with Crippen molar-refractivity contribution in [2.24, 2.45) is 0 Å². The Hall–Kier alpha value is -0.790. The number of carbonyl (C=O) groups is 1. The molecule has 0 atom stereocenters. The van der Waals surface area contributed by atoms with Crippen molar-refractivity contribution in [3.05, 3.63) is 35.6 Å². The van der Waals surface area contributed by atoms with E-state index in [1.165, 1.54) is 0 Å². The van der Waals surface area contributed by atoms with E-state index >= 15 is 0 Å². The predicted octanol–water partition coefficient (Wildman–Crippen LogP) is -0.129. The minimum absolute atomic E-state index is 0. The summed E-state index contributed by atoms with van der Waals surface area (Å²) in [4.78, 5) is 8.56. The zero-order valence-corrected chi connectivity index (χ0v) is 10.0. The first-order chi connectivity index (χ1) is 6.73. The van der Waals surface area contributed by atoms with Gasteiger partial charge in [0.1, 0.15) is 0 Å². The van der Waals surface area contributed by atoms with Gasteiger partial charge in [-0.2, -0.15) is 25.3 Å². The molecule has 0 unspecified atom stereocenters. The summed E-state index contributed by atoms with van der Waals surface area (Å²) < 4.78 is 47.5. The summed E-state index contributed by atoms with van der Waals surface area (Å²) in [5.41, 5.74) is -0.992. The maximum absolute atomic E-state index is 12.1. The zero-order valence-electron chi connectivity index (χ0n) is 8.05. The van der Waals surface area contributed by atoms with Crippen molar-refractivity contribution in [2.45, 2.75) is 6.18 Å². The van der Waals surface area contributed by atoms with Gasteiger partial charge < -0.3 is 10.2 Å². The number of carboxylic acid groups (broad SMARTS) is 2. The number of rotatable bonds is 0. The monoisotopic (exact) mass is 248 g/mol. The van der Waals surface area contributed by atoms with Crippen LogP contribution in [0.25, 0.3) is 0 Å². The fraction of sp³-hybridized carbons (Fsp3) is 0.125. The van der Waals surface area contributed by atoms with Gasteiger partial charge in [0.25, 0.3) is 0 Å². The summed E-state index contributed by atoms with van der Waals surface area (Å²) >= 11 is 0. The summed E-state index contributed by atoms with van der Waals surface area (Å²) in [5, 5.41) is 13.9. The molecule has 3 nitrogen and oxygen atoms in total. The molecule has 1 rings (SSSR count). The van der Waals surface area contributed by atoms with E-state index in [1.54, 1.807) is 0 Å². The van der Waals surface area contributed by atoms with Crippen LogP contribution in [0.4, 0.5) is 22.4 Å². The summed E-state index contributed by atoms with van der Waals surface area (Å²) in [6, 6.07) is 4.05. The second-order valence-corrected chi connectivity index (χ2v) is 2.21. The minimum atomic E-state index is -4.48. The first kappa shape index (κ1) is 17.6. The fourth-order valence-corrected chi connectivity index (χ4v) is 0.614. The van der Waals surface area contributed by atoms with Gasteiger partial charge in [0.15, 0.2) is 0 Å². The smallest absolute Gasteiger partial charge is 0.450 e. The predicted molar refractivity (Wildman–Crippen MR) is 40.9 cm³/mol. The van der Waals surface area contributed by atoms with Gasteiger partial charge >= 0.3 is 41.9 Å². The van der Waals surface area contributed by atoms with Crippen LogP contribution >= 0.6 is 0 Å². The Morgan fingerprint density at radius 2 is 1.75 bits per heavy atom. The van der Waals surface area contributed by atoms with Crippen LogP contribution in [0.15, 0.2) is 18.2 Å². The summed E-state index contributed by atoms with van der Waals surface area (Å²) in [5.74, 6) is -1.00. The number of alkyl halides is 3. The Labute approximate surface area is 110 Å². The molecule has 0 bridgehead atoms. The third-order valence-corrected chi connectivity index (χ3v) is 1.09. The zero-order chi connectivity index (χ0) is 12.1. The van der Waals surface area contributed by atoms with E-state index in [1.807, 2.05) is 6.07 Å². The van der Waals surface area contributed by atoms with Crippen LogP contribution in [-0.4, -0.2) is 16.4 Å². The molecule has 0 fully saturated rings. The molecule has 1 aromatic rings. The summed E-state index contributed by atoms with van der Waals surface area (Å²) in [7, 11) is 0. The van der Waals surface area contributed by atoms with Gasteiger partial charge in [-0.25, -0.2) is 9.18 Å². The van der Waals surface area contributed by atoms with Crippen LogP contribution in [0.5, 0.6) is 0 Å². The van der Waals surface area contributed by atoms with Crippen molar-refractivity contribution in [3.8, 4) is 0 Å². The third kappa shape index (κ3) is 8.51. The van der Waals surface area contributed by atoms with Gasteiger partial charge in [-0.1, -0.05) is 5.56 Å². The molecule has 0 radical (unpaired) electrons. The SMILES string of the molecule is Fc1[c-]ccc(C(F)(F)F)c1.O=C(O)O.[Na+]. The number of halogens is 4. The van der Waals surface area contributed by atoms with E-state index in [0.717, 1.165) is 12.1 Å². The van der Waals surface area contributed by atoms with Crippen LogP contribution in [0.3, 0.4) is 0 Å². The molecule has 0 spiro atoms. The summed E-state index contributed by atoms with van der Waals surface area (Å²) in [6.07, 6.45) is -6.31. The largest absolute Gasteiger partial charge is 1.00 e. The van der Waals surface area contributed by atoms with Gasteiger partial charge in [-0.15, -0.1) is 12.1 Å². The Morgan fingerprint density at radius 1 is 1.31 bits per heavy atom. The van der Waals surface area contributed by atoms with Crippen molar-refractivity contribution in [1.29, 1.82) is 0 Å². The molecule has 0 amide bonds. The molecule has 0 aliphatic carbocycles. The van der Waals surface area contributed by atoms with Crippen LogP contribution in [0.1, 0.15) is 5.56 Å². The van der Waals surface area contributed by atoms with Crippen molar-refractivity contribution in [1.82, 2.24) is 0 Å². The van der Waals surface area contributed by atoms with Crippen LogP contribution < -0.4 is 29.6 Å². The van der Waals surface area contributed by atoms with Gasteiger partial charge in [0.2, 0.25) is 0 Å². The van der Waals surface area contributed by atoms with E-state index in [2.05, 4.69) is 0 Å². The first-order valence-corrected chi connectivity index (χ1v) is 3.40. The average Bonchev–Trinajstić information content (AvgIpc) is 2.01. The Morgan fingerprint density at radius 3 is 2.00 bits per heavy atom. The maximum Gasteiger partial charge on any atom is 1.00 e. The second kappa shape index (κ2) is 7.48. The molecule has 84 valence electrons. The normalized spacial score (nSPS) is 9.50. The van der Waals surface area contributed by atoms with Gasteiger partial charge in [-0.05, 0) is 0 Å². The van der Waals surface area contributed by atoms with E-state index in [-0.39, 0.29) is 29.6 Å². The van der Waals surface area contributed by atoms with Gasteiger partial charge in [-0.3, -0.25) is 0 Å². The molecule has 2 N–H and O–H groups in total. The Bertz CT molecular complexity index is 336. The second-order valence-electron chi connectivity index (χ2n) is 2.21. The molecule has 0 saturated heterocycles. The Kier molecular flexibility index (Phi) is 8.23. The molecule has 0 aliphatic rings. The van der Waals surface area contributed by atoms with Gasteiger partial charge in [0.05, 0.1) is 0 Å². The van der Waals surface area contributed by atoms with Crippen molar-refractivity contribution < 1.29 is 62.1 Å². The maximum atomic E-state index is 12.1. The van der Waals surface area contributed by atoms with E-state index in [9.17, 15) is 17.6 Å². The average molecular weight is 248 g/mol. The van der Waals surface area contributed by atoms with Crippen LogP contribution in [0, 0.1) is 11.9 Å². The molecule has 8 heteroatoms. The van der Waals surface area contributed by atoms with Crippen LogP contribution in [-0.2, 0) is 6.18 Å². The molecule has 0 heterocycles. The fourth-order valence-electron chi connectivity index (χ4n) is 0.614. The minimum Gasteiger partial charge on any atom is -0.450 e. The molecule has 1 aromatic carbocycles. The molecular weight excluding hydrogens is 243 g/mol. The van der Waals surface area contributed by atoms with Crippen molar-refractivity contribution >= 4 is 6.16 Å². The van der Waals surface area contributed by atoms with E-state index in [0.29, 0.717) is 6.07 Å². The van der Waals surface area contributed by atoms with Gasteiger partial charge in [0, 0.05) is 5.82 Å². The first-order valence-electron chi connectivity index (χ1n) is 3.40. The Balaban J connectivity index is 0. The van der Waals surface area contributed by atoms with E-state index < -0.39 is 23.7 Å². The quantitative estimate of drug-likeness (QED) is 0.382. The van der Waals surface area contributed by atoms with Crippen molar-refractivity contribution in [3.63, 3.8) is 0 Å². The molecule has 16 heavy (non-hydrogen) atoms. The molecule has 0 aliphatic heterocycles. The van der Waals surface area contributed by atoms with Crippen molar-refractivity contribution in [2.75, 3.05) is 0 Å². The molecule has 0 aromatic heterocycles. The standard InChI is InChI=1S/C7H3F4.CH2O3.Na/c8-6-3-1-2-5(4-6)7(9,10)11;2-1(3)4;/h1-2,4H;(H2,2,3,4);/q-1;;+1. The number of hydrogen-bond acceptors (Lipinski definition) is 1. The van der Waals surface area contributed by atoms with Crippen LogP contribution in [0.2, 0.25) is 0 Å². The summed E-state index contributed by atoms with van der Waals surface area (Å²) in [6.45, 7) is 0. The molecular formula is C8H5F4NaO3. The number of benzene rings is 1. The third-order valence-electron chi connectivity index (χ3n) is 1.09.